The van der Waals surface area contributed by atoms with Gasteiger partial charge >= 0.3 is 6.03 Å². The summed E-state index contributed by atoms with van der Waals surface area (Å²) in [5.41, 5.74) is 1.40. The number of benzene rings is 2. The van der Waals surface area contributed by atoms with Gasteiger partial charge in [0.05, 0.1) is 19.4 Å². The number of furan rings is 1. The van der Waals surface area contributed by atoms with E-state index in [2.05, 4.69) is 5.32 Å². The van der Waals surface area contributed by atoms with Crippen molar-refractivity contribution in [3.63, 3.8) is 0 Å². The third-order valence-electron chi connectivity index (χ3n) is 3.89. The molecule has 0 aliphatic carbocycles. The van der Waals surface area contributed by atoms with E-state index in [0.717, 1.165) is 10.6 Å². The van der Waals surface area contributed by atoms with Crippen molar-refractivity contribution in [2.24, 2.45) is 0 Å². The molecule has 2 aromatic carbocycles. The molecule has 0 radical (unpaired) electrons. The Morgan fingerprint density at radius 1 is 1.12 bits per heavy atom. The zero-order valence-electron chi connectivity index (χ0n) is 14.4. The number of rotatable bonds is 6. The lowest BCUT2D eigenvalue weighted by Gasteiger charge is -2.23. The van der Waals surface area contributed by atoms with Crippen molar-refractivity contribution in [3.8, 4) is 5.75 Å². The molecule has 0 saturated heterocycles. The second-order valence-corrected chi connectivity index (χ2v) is 6.61. The minimum atomic E-state index is -0.261. The Labute approximate surface area is 156 Å². The number of hydrogen-bond donors (Lipinski definition) is 2. The first-order valence-corrected chi connectivity index (χ1v) is 9.37. The molecule has 2 amide bonds. The van der Waals surface area contributed by atoms with Gasteiger partial charge in [-0.25, -0.2) is 4.79 Å². The molecule has 0 fully saturated rings. The van der Waals surface area contributed by atoms with E-state index < -0.39 is 0 Å². The first-order valence-electron chi connectivity index (χ1n) is 8.15. The summed E-state index contributed by atoms with van der Waals surface area (Å²) in [5.74, 6) is 0.836. The fourth-order valence-electron chi connectivity index (χ4n) is 2.54. The van der Waals surface area contributed by atoms with Crippen LogP contribution in [-0.2, 0) is 13.1 Å². The number of amides is 2. The number of phenolic OH excluding ortho intramolecular Hbond substituents is 1. The quantitative estimate of drug-likeness (QED) is 0.605. The Balaban J connectivity index is 1.79. The number of thioether (sulfide) groups is 1. The number of hydrogen-bond acceptors (Lipinski definition) is 4. The normalized spacial score (nSPS) is 10.5. The number of aromatic hydroxyl groups is 1. The maximum absolute atomic E-state index is 12.8. The van der Waals surface area contributed by atoms with E-state index in [1.165, 1.54) is 0 Å². The van der Waals surface area contributed by atoms with Gasteiger partial charge in [0, 0.05) is 16.1 Å². The molecule has 1 aromatic heterocycles. The smallest absolute Gasteiger partial charge is 0.322 e. The van der Waals surface area contributed by atoms with Crippen molar-refractivity contribution in [2.75, 3.05) is 11.6 Å². The van der Waals surface area contributed by atoms with Crippen LogP contribution in [0.25, 0.3) is 0 Å². The summed E-state index contributed by atoms with van der Waals surface area (Å²) in [7, 11) is 0. The van der Waals surface area contributed by atoms with Crippen LogP contribution < -0.4 is 5.32 Å². The Morgan fingerprint density at radius 2 is 1.96 bits per heavy atom. The van der Waals surface area contributed by atoms with Gasteiger partial charge in [0.25, 0.3) is 0 Å². The lowest BCUT2D eigenvalue weighted by Crippen LogP contribution is -2.34. The topological polar surface area (TPSA) is 65.7 Å². The van der Waals surface area contributed by atoms with Crippen molar-refractivity contribution in [1.82, 2.24) is 4.90 Å². The highest BCUT2D eigenvalue weighted by Crippen LogP contribution is 2.22. The number of carbonyl (C=O) groups is 1. The summed E-state index contributed by atoms with van der Waals surface area (Å²) in [4.78, 5) is 15.5. The predicted molar refractivity (Wildman–Crippen MR) is 103 cm³/mol. The Morgan fingerprint density at radius 3 is 2.69 bits per heavy atom. The van der Waals surface area contributed by atoms with E-state index in [4.69, 9.17) is 4.42 Å². The highest BCUT2D eigenvalue weighted by atomic mass is 32.2. The van der Waals surface area contributed by atoms with Gasteiger partial charge in [-0.05, 0) is 42.7 Å². The molecule has 3 aromatic rings. The van der Waals surface area contributed by atoms with Crippen LogP contribution in [0.3, 0.4) is 0 Å². The zero-order chi connectivity index (χ0) is 18.4. The van der Waals surface area contributed by atoms with Crippen molar-refractivity contribution < 1.29 is 14.3 Å². The molecule has 26 heavy (non-hydrogen) atoms. The summed E-state index contributed by atoms with van der Waals surface area (Å²) in [5, 5.41) is 13.0. The molecule has 0 saturated carbocycles. The average molecular weight is 368 g/mol. The molecule has 5 nitrogen and oxygen atoms in total. The maximum atomic E-state index is 12.8. The Kier molecular flexibility index (Phi) is 5.86. The monoisotopic (exact) mass is 368 g/mol. The van der Waals surface area contributed by atoms with Crippen LogP contribution in [-0.4, -0.2) is 22.3 Å². The number of para-hydroxylation sites is 1. The summed E-state index contributed by atoms with van der Waals surface area (Å²) in [6.45, 7) is 0.566. The van der Waals surface area contributed by atoms with Gasteiger partial charge in [-0.1, -0.05) is 24.3 Å². The van der Waals surface area contributed by atoms with E-state index in [1.54, 1.807) is 47.2 Å². The molecule has 0 aliphatic rings. The van der Waals surface area contributed by atoms with E-state index >= 15 is 0 Å². The molecule has 0 atom stereocenters. The maximum Gasteiger partial charge on any atom is 0.322 e. The summed E-state index contributed by atoms with van der Waals surface area (Å²) < 4.78 is 5.38. The summed E-state index contributed by atoms with van der Waals surface area (Å²) >= 11 is 1.61. The molecule has 6 heteroatoms. The van der Waals surface area contributed by atoms with Crippen LogP contribution >= 0.6 is 11.8 Å². The minimum absolute atomic E-state index is 0.161. The molecule has 0 spiro atoms. The second-order valence-electron chi connectivity index (χ2n) is 5.73. The van der Waals surface area contributed by atoms with E-state index in [1.807, 2.05) is 42.7 Å². The van der Waals surface area contributed by atoms with Crippen LogP contribution in [0.2, 0.25) is 0 Å². The Hall–Kier alpha value is -2.86. The average Bonchev–Trinajstić information content (AvgIpc) is 3.16. The molecule has 0 bridgehead atoms. The number of nitrogens with zero attached hydrogens (tertiary/aromatic N) is 1. The first-order chi connectivity index (χ1) is 12.7. The van der Waals surface area contributed by atoms with E-state index in [0.29, 0.717) is 17.9 Å². The lowest BCUT2D eigenvalue weighted by atomic mass is 10.2. The summed E-state index contributed by atoms with van der Waals surface area (Å²) in [6, 6.07) is 18.0. The number of anilines is 1. The summed E-state index contributed by atoms with van der Waals surface area (Å²) in [6.07, 6.45) is 3.57. The molecule has 2 N–H and O–H groups in total. The molecular weight excluding hydrogens is 348 g/mol. The van der Waals surface area contributed by atoms with Crippen molar-refractivity contribution in [2.45, 2.75) is 18.0 Å². The number of nitrogens with one attached hydrogen (secondary N) is 1. The van der Waals surface area contributed by atoms with Gasteiger partial charge in [0.1, 0.15) is 11.5 Å². The highest BCUT2D eigenvalue weighted by Gasteiger charge is 2.17. The fourth-order valence-corrected chi connectivity index (χ4v) is 3.00. The molecule has 0 unspecified atom stereocenters. The van der Waals surface area contributed by atoms with Crippen LogP contribution in [0, 0.1) is 0 Å². The SMILES string of the molecule is CSc1cccc(NC(=O)N(Cc2ccco2)Cc2ccccc2O)c1. The third-order valence-corrected chi connectivity index (χ3v) is 4.61. The zero-order valence-corrected chi connectivity index (χ0v) is 15.2. The van der Waals surface area contributed by atoms with Gasteiger partial charge in [-0.15, -0.1) is 11.8 Å². The predicted octanol–water partition coefficient (Wildman–Crippen LogP) is 4.94. The molecule has 134 valence electrons. The third kappa shape index (κ3) is 4.61. The standard InChI is InChI=1S/C20H20N2O3S/c1-26-18-9-4-7-16(12-18)21-20(24)22(14-17-8-5-11-25-17)13-15-6-2-3-10-19(15)23/h2-12,23H,13-14H2,1H3,(H,21,24). The minimum Gasteiger partial charge on any atom is -0.508 e. The van der Waals surface area contributed by atoms with Crippen LogP contribution in [0.1, 0.15) is 11.3 Å². The number of phenols is 1. The largest absolute Gasteiger partial charge is 0.508 e. The Bertz CT molecular complexity index is 865. The van der Waals surface area contributed by atoms with Crippen LogP contribution in [0.15, 0.2) is 76.2 Å². The van der Waals surface area contributed by atoms with Gasteiger partial charge in [-0.2, -0.15) is 0 Å². The van der Waals surface area contributed by atoms with Crippen LogP contribution in [0.4, 0.5) is 10.5 Å². The van der Waals surface area contributed by atoms with Gasteiger partial charge in [-0.3, -0.25) is 0 Å². The molecule has 0 aliphatic heterocycles. The lowest BCUT2D eigenvalue weighted by molar-refractivity contribution is 0.200. The number of urea groups is 1. The molecule has 1 heterocycles. The van der Waals surface area contributed by atoms with E-state index in [-0.39, 0.29) is 18.3 Å². The van der Waals surface area contributed by atoms with Crippen molar-refractivity contribution in [3.05, 3.63) is 78.3 Å². The number of carbonyl (C=O) groups excluding carboxylic acids is 1. The van der Waals surface area contributed by atoms with Crippen LogP contribution in [0.5, 0.6) is 5.75 Å². The highest BCUT2D eigenvalue weighted by molar-refractivity contribution is 7.98. The van der Waals surface area contributed by atoms with Gasteiger partial charge in [0.2, 0.25) is 0 Å². The van der Waals surface area contributed by atoms with E-state index in [9.17, 15) is 9.90 Å². The second kappa shape index (κ2) is 8.49. The molecule has 3 rings (SSSR count). The van der Waals surface area contributed by atoms with Gasteiger partial charge in [0.15, 0.2) is 0 Å². The van der Waals surface area contributed by atoms with Crippen molar-refractivity contribution in [1.29, 1.82) is 0 Å². The first kappa shape index (κ1) is 17.9. The van der Waals surface area contributed by atoms with Crippen molar-refractivity contribution >= 4 is 23.5 Å². The molecular formula is C20H20N2O3S. The fraction of sp³-hybridized carbons (Fsp3) is 0.150. The van der Waals surface area contributed by atoms with Gasteiger partial charge < -0.3 is 19.7 Å².